The third kappa shape index (κ3) is 4.71. The molecule has 6 heteroatoms. The summed E-state index contributed by atoms with van der Waals surface area (Å²) in [5, 5.41) is 5.80. The van der Waals surface area contributed by atoms with E-state index in [-0.39, 0.29) is 23.7 Å². The number of nitrogens with zero attached hydrogens (tertiary/aromatic N) is 1. The van der Waals surface area contributed by atoms with Gasteiger partial charge in [-0.25, -0.2) is 9.18 Å². The lowest BCUT2D eigenvalue weighted by molar-refractivity contribution is -0.117. The lowest BCUT2D eigenvalue weighted by Gasteiger charge is -2.22. The summed E-state index contributed by atoms with van der Waals surface area (Å²) in [4.78, 5) is 25.6. The molecule has 2 fully saturated rings. The van der Waals surface area contributed by atoms with Gasteiger partial charge >= 0.3 is 6.03 Å². The fraction of sp³-hybridized carbons (Fsp3) is 0.579. The second kappa shape index (κ2) is 8.32. The lowest BCUT2D eigenvalue weighted by atomic mass is 9.97. The van der Waals surface area contributed by atoms with Gasteiger partial charge in [0.1, 0.15) is 5.82 Å². The topological polar surface area (TPSA) is 61.4 Å². The zero-order valence-electron chi connectivity index (χ0n) is 14.5. The van der Waals surface area contributed by atoms with Gasteiger partial charge in [-0.3, -0.25) is 4.79 Å². The molecule has 0 unspecified atom stereocenters. The van der Waals surface area contributed by atoms with Crippen LogP contribution < -0.4 is 15.5 Å². The van der Waals surface area contributed by atoms with Gasteiger partial charge in [-0.15, -0.1) is 0 Å². The van der Waals surface area contributed by atoms with Crippen LogP contribution in [0.5, 0.6) is 0 Å². The lowest BCUT2D eigenvalue weighted by Crippen LogP contribution is -2.38. The van der Waals surface area contributed by atoms with E-state index in [1.807, 2.05) is 0 Å². The van der Waals surface area contributed by atoms with Crippen LogP contribution in [-0.2, 0) is 4.79 Å². The summed E-state index contributed by atoms with van der Waals surface area (Å²) in [5.74, 6) is -0.517. The summed E-state index contributed by atoms with van der Waals surface area (Å²) < 4.78 is 14.1. The van der Waals surface area contributed by atoms with Crippen LogP contribution in [0.2, 0.25) is 0 Å². The van der Waals surface area contributed by atoms with Gasteiger partial charge < -0.3 is 15.5 Å². The van der Waals surface area contributed by atoms with Crippen molar-refractivity contribution < 1.29 is 14.0 Å². The van der Waals surface area contributed by atoms with Gasteiger partial charge in [0.15, 0.2) is 0 Å². The molecule has 1 aliphatic carbocycles. The predicted octanol–water partition coefficient (Wildman–Crippen LogP) is 4.19. The van der Waals surface area contributed by atoms with Crippen LogP contribution in [0.4, 0.5) is 20.6 Å². The molecule has 3 rings (SSSR count). The van der Waals surface area contributed by atoms with Gasteiger partial charge in [-0.1, -0.05) is 32.1 Å². The number of benzene rings is 1. The van der Waals surface area contributed by atoms with Crippen molar-refractivity contribution in [3.8, 4) is 0 Å². The molecule has 0 spiro atoms. The third-order valence-electron chi connectivity index (χ3n) is 5.01. The highest BCUT2D eigenvalue weighted by molar-refractivity contribution is 5.97. The first kappa shape index (κ1) is 17.7. The molecule has 1 aromatic carbocycles. The van der Waals surface area contributed by atoms with Crippen molar-refractivity contribution in [3.63, 3.8) is 0 Å². The van der Waals surface area contributed by atoms with Crippen molar-refractivity contribution in [2.75, 3.05) is 16.8 Å². The van der Waals surface area contributed by atoms with Crippen molar-refractivity contribution in [1.82, 2.24) is 5.32 Å². The Bertz CT molecular complexity index is 627. The average molecular weight is 347 g/mol. The van der Waals surface area contributed by atoms with Crippen LogP contribution in [-0.4, -0.2) is 24.5 Å². The Kier molecular flexibility index (Phi) is 5.89. The number of anilines is 2. The van der Waals surface area contributed by atoms with Gasteiger partial charge in [0.2, 0.25) is 5.91 Å². The Morgan fingerprint density at radius 2 is 1.80 bits per heavy atom. The summed E-state index contributed by atoms with van der Waals surface area (Å²) in [5.41, 5.74) is 0.741. The van der Waals surface area contributed by atoms with E-state index in [9.17, 15) is 14.0 Å². The minimum absolute atomic E-state index is 0.0741. The zero-order valence-corrected chi connectivity index (χ0v) is 14.5. The summed E-state index contributed by atoms with van der Waals surface area (Å²) in [6, 6.07) is 4.29. The maximum atomic E-state index is 14.1. The van der Waals surface area contributed by atoms with Crippen molar-refractivity contribution in [2.45, 2.75) is 63.8 Å². The maximum absolute atomic E-state index is 14.1. The fourth-order valence-electron chi connectivity index (χ4n) is 3.65. The molecule has 1 aliphatic heterocycles. The molecule has 0 aromatic heterocycles. The highest BCUT2D eigenvalue weighted by atomic mass is 19.1. The minimum Gasteiger partial charge on any atom is -0.335 e. The Labute approximate surface area is 148 Å². The van der Waals surface area contributed by atoms with Gasteiger partial charge in [0.25, 0.3) is 0 Å². The highest BCUT2D eigenvalue weighted by Crippen LogP contribution is 2.27. The number of amides is 3. The molecule has 25 heavy (non-hydrogen) atoms. The second-order valence-corrected chi connectivity index (χ2v) is 6.96. The highest BCUT2D eigenvalue weighted by Gasteiger charge is 2.24. The molecule has 2 aliphatic rings. The smallest absolute Gasteiger partial charge is 0.319 e. The zero-order chi connectivity index (χ0) is 17.6. The second-order valence-electron chi connectivity index (χ2n) is 6.96. The quantitative estimate of drug-likeness (QED) is 0.861. The first-order valence-corrected chi connectivity index (χ1v) is 9.31. The number of urea groups is 1. The summed E-state index contributed by atoms with van der Waals surface area (Å²) >= 11 is 0. The molecule has 0 atom stereocenters. The number of hydrogen-bond donors (Lipinski definition) is 2. The standard InChI is InChI=1S/C19H26FN3O2/c20-16-11-10-15(13-17(16)23-12-6-9-18(23)24)22-19(25)21-14-7-4-2-1-3-5-8-14/h10-11,13-14H,1-9,12H2,(H2,21,22,25). The van der Waals surface area contributed by atoms with Gasteiger partial charge in [-0.05, 0) is 37.5 Å². The van der Waals surface area contributed by atoms with E-state index in [1.54, 1.807) is 0 Å². The molecular formula is C19H26FN3O2. The molecule has 2 N–H and O–H groups in total. The van der Waals surface area contributed by atoms with Crippen molar-refractivity contribution >= 4 is 23.3 Å². The minimum atomic E-state index is -0.443. The van der Waals surface area contributed by atoms with E-state index >= 15 is 0 Å². The van der Waals surface area contributed by atoms with Crippen LogP contribution in [0, 0.1) is 5.82 Å². The summed E-state index contributed by atoms with van der Waals surface area (Å²) in [6.45, 7) is 0.521. The number of carbonyl (C=O) groups is 2. The van der Waals surface area contributed by atoms with Gasteiger partial charge in [0.05, 0.1) is 5.69 Å². The van der Waals surface area contributed by atoms with E-state index in [2.05, 4.69) is 10.6 Å². The maximum Gasteiger partial charge on any atom is 0.319 e. The molecule has 1 heterocycles. The molecule has 136 valence electrons. The summed E-state index contributed by atoms with van der Waals surface area (Å²) in [6.07, 6.45) is 9.21. The molecule has 0 bridgehead atoms. The summed E-state index contributed by atoms with van der Waals surface area (Å²) in [7, 11) is 0. The van der Waals surface area contributed by atoms with Crippen LogP contribution in [0.1, 0.15) is 57.8 Å². The van der Waals surface area contributed by atoms with E-state index < -0.39 is 5.82 Å². The number of hydrogen-bond acceptors (Lipinski definition) is 2. The molecule has 5 nitrogen and oxygen atoms in total. The predicted molar refractivity (Wildman–Crippen MR) is 96.2 cm³/mol. The van der Waals surface area contributed by atoms with Gasteiger partial charge in [0, 0.05) is 24.7 Å². The Morgan fingerprint density at radius 3 is 2.48 bits per heavy atom. The van der Waals surface area contributed by atoms with E-state index in [1.165, 1.54) is 42.4 Å². The van der Waals surface area contributed by atoms with E-state index in [0.717, 1.165) is 32.1 Å². The molecule has 0 radical (unpaired) electrons. The first-order valence-electron chi connectivity index (χ1n) is 9.31. The molecule has 1 aromatic rings. The van der Waals surface area contributed by atoms with Crippen LogP contribution in [0.25, 0.3) is 0 Å². The third-order valence-corrected chi connectivity index (χ3v) is 5.01. The Balaban J connectivity index is 1.61. The van der Waals surface area contributed by atoms with E-state index in [0.29, 0.717) is 18.7 Å². The van der Waals surface area contributed by atoms with Crippen LogP contribution >= 0.6 is 0 Å². The average Bonchev–Trinajstić information content (AvgIpc) is 2.97. The Morgan fingerprint density at radius 1 is 1.08 bits per heavy atom. The van der Waals surface area contributed by atoms with Gasteiger partial charge in [-0.2, -0.15) is 0 Å². The number of nitrogens with one attached hydrogen (secondary N) is 2. The SMILES string of the molecule is O=C(Nc1ccc(F)c(N2CCCC2=O)c1)NC1CCCCCCC1. The fourth-order valence-corrected chi connectivity index (χ4v) is 3.65. The Hall–Kier alpha value is -2.11. The molecular weight excluding hydrogens is 321 g/mol. The largest absolute Gasteiger partial charge is 0.335 e. The number of rotatable bonds is 3. The van der Waals surface area contributed by atoms with Crippen molar-refractivity contribution in [2.24, 2.45) is 0 Å². The first-order chi connectivity index (χ1) is 12.1. The van der Waals surface area contributed by atoms with E-state index in [4.69, 9.17) is 0 Å². The van der Waals surface area contributed by atoms with Crippen molar-refractivity contribution in [1.29, 1.82) is 0 Å². The number of halogens is 1. The molecule has 1 saturated heterocycles. The molecule has 3 amide bonds. The molecule has 1 saturated carbocycles. The number of carbonyl (C=O) groups excluding carboxylic acids is 2. The van der Waals surface area contributed by atoms with Crippen molar-refractivity contribution in [3.05, 3.63) is 24.0 Å². The normalized spacial score (nSPS) is 19.4. The van der Waals surface area contributed by atoms with Crippen LogP contribution in [0.15, 0.2) is 18.2 Å². The van der Waals surface area contributed by atoms with Crippen LogP contribution in [0.3, 0.4) is 0 Å². The monoisotopic (exact) mass is 347 g/mol.